The SMILES string of the molecule is COc1ccc([C@@H]2c3cc(O)ccc3[C@H](c3ccc4c(c3)OCO4)[C@H]2C(=O)O)c(OCCO)c1.NCCN.[Pr]. The Morgan fingerprint density at radius 3 is 2.33 bits per heavy atom. The second kappa shape index (κ2) is 14.1. The molecule has 7 N–H and O–H groups in total. The molecule has 0 saturated heterocycles. The van der Waals surface area contributed by atoms with Crippen molar-refractivity contribution in [1.82, 2.24) is 0 Å². The number of carboxylic acids is 1. The average Bonchev–Trinajstić information content (AvgIpc) is 3.53. The van der Waals surface area contributed by atoms with Crippen molar-refractivity contribution in [3.05, 3.63) is 76.9 Å². The Morgan fingerprint density at radius 1 is 0.949 bits per heavy atom. The largest absolute Gasteiger partial charge is 0.508 e. The number of hydrogen-bond acceptors (Lipinski definition) is 9. The third-order valence-corrected chi connectivity index (χ3v) is 6.57. The molecular weight excluding hydrogens is 633 g/mol. The van der Waals surface area contributed by atoms with Gasteiger partial charge in [0.2, 0.25) is 6.79 Å². The van der Waals surface area contributed by atoms with Crippen molar-refractivity contribution < 1.29 is 80.4 Å². The van der Waals surface area contributed by atoms with Crippen LogP contribution in [0.4, 0.5) is 0 Å². The van der Waals surface area contributed by atoms with Crippen LogP contribution in [0, 0.1) is 47.2 Å². The topological polar surface area (TPSA) is 167 Å². The van der Waals surface area contributed by atoms with Gasteiger partial charge in [-0.05, 0) is 47.0 Å². The molecule has 0 bridgehead atoms. The maximum absolute atomic E-state index is 12.8. The van der Waals surface area contributed by atoms with E-state index < -0.39 is 23.7 Å². The summed E-state index contributed by atoms with van der Waals surface area (Å²) < 4.78 is 22.1. The van der Waals surface area contributed by atoms with Gasteiger partial charge in [-0.3, -0.25) is 4.79 Å². The number of phenols is 1. The minimum absolute atomic E-state index is 0. The summed E-state index contributed by atoms with van der Waals surface area (Å²) in [6.45, 7) is 1.17. The van der Waals surface area contributed by atoms with Crippen LogP contribution in [0.25, 0.3) is 0 Å². The van der Waals surface area contributed by atoms with Crippen molar-refractivity contribution in [3.63, 3.8) is 0 Å². The zero-order chi connectivity index (χ0) is 27.2. The van der Waals surface area contributed by atoms with Crippen molar-refractivity contribution in [3.8, 4) is 28.7 Å². The van der Waals surface area contributed by atoms with E-state index in [1.807, 2.05) is 12.1 Å². The van der Waals surface area contributed by atoms with Crippen molar-refractivity contribution in [1.29, 1.82) is 0 Å². The maximum atomic E-state index is 12.8. The number of methoxy groups -OCH3 is 1. The van der Waals surface area contributed by atoms with Crippen molar-refractivity contribution in [2.24, 2.45) is 17.4 Å². The summed E-state index contributed by atoms with van der Waals surface area (Å²) in [5, 5.41) is 30.1. The van der Waals surface area contributed by atoms with E-state index in [0.29, 0.717) is 47.2 Å². The summed E-state index contributed by atoms with van der Waals surface area (Å²) in [7, 11) is 1.53. The monoisotopic (exact) mass is 665 g/mol. The van der Waals surface area contributed by atoms with E-state index in [4.69, 9.17) is 30.4 Å². The third kappa shape index (κ3) is 6.58. The fourth-order valence-electron chi connectivity index (χ4n) is 5.01. The van der Waals surface area contributed by atoms with Crippen molar-refractivity contribution >= 4 is 5.97 Å². The quantitative estimate of drug-likeness (QED) is 0.241. The van der Waals surface area contributed by atoms with Gasteiger partial charge in [-0.1, -0.05) is 18.2 Å². The fraction of sp³-hybridized carbons (Fsp3) is 0.321. The van der Waals surface area contributed by atoms with Gasteiger partial charge < -0.3 is 45.7 Å². The number of aliphatic hydroxyl groups excluding tert-OH is 1. The first-order valence-corrected chi connectivity index (χ1v) is 12.2. The number of aromatic hydroxyl groups is 1. The van der Waals surface area contributed by atoms with Gasteiger partial charge in [-0.25, -0.2) is 0 Å². The maximum Gasteiger partial charge on any atom is 0.308 e. The first-order chi connectivity index (χ1) is 18.4. The van der Waals surface area contributed by atoms with Gasteiger partial charge in [0.15, 0.2) is 11.5 Å². The molecule has 2 aliphatic rings. The van der Waals surface area contributed by atoms with Crippen LogP contribution in [0.5, 0.6) is 28.7 Å². The second-order valence-corrected chi connectivity index (χ2v) is 8.80. The fourth-order valence-corrected chi connectivity index (χ4v) is 5.01. The molecule has 0 amide bonds. The Morgan fingerprint density at radius 2 is 1.67 bits per heavy atom. The molecule has 11 heteroatoms. The molecule has 0 fully saturated rings. The molecule has 0 unspecified atom stereocenters. The van der Waals surface area contributed by atoms with Crippen LogP contribution in [0.1, 0.15) is 34.1 Å². The predicted molar refractivity (Wildman–Crippen MR) is 139 cm³/mol. The van der Waals surface area contributed by atoms with Crippen LogP contribution in [0.15, 0.2) is 54.6 Å². The number of aliphatic hydroxyl groups is 1. The molecule has 3 aromatic rings. The first-order valence-electron chi connectivity index (χ1n) is 12.2. The van der Waals surface area contributed by atoms with E-state index in [0.717, 1.165) is 11.1 Å². The third-order valence-electron chi connectivity index (χ3n) is 6.57. The Kier molecular flexibility index (Phi) is 11.2. The molecule has 3 aromatic carbocycles. The number of nitrogens with two attached hydrogens (primary N) is 2. The van der Waals surface area contributed by atoms with Crippen molar-refractivity contribution in [2.45, 2.75) is 11.8 Å². The van der Waals surface area contributed by atoms with E-state index in [1.54, 1.807) is 42.5 Å². The van der Waals surface area contributed by atoms with Crippen LogP contribution in [0.3, 0.4) is 0 Å². The molecule has 0 aromatic heterocycles. The number of carboxylic acid groups (broad SMARTS) is 1. The summed E-state index contributed by atoms with van der Waals surface area (Å²) in [4.78, 5) is 12.8. The van der Waals surface area contributed by atoms with Gasteiger partial charge in [-0.2, -0.15) is 0 Å². The molecule has 10 nitrogen and oxygen atoms in total. The van der Waals surface area contributed by atoms with Crippen LogP contribution in [-0.2, 0) is 4.79 Å². The molecule has 1 radical (unpaired) electrons. The summed E-state index contributed by atoms with van der Waals surface area (Å²) in [5.74, 6) is -0.780. The molecule has 5 rings (SSSR count). The number of rotatable bonds is 8. The molecule has 1 heterocycles. The Labute approximate surface area is 259 Å². The number of carbonyl (C=O) groups is 1. The molecule has 39 heavy (non-hydrogen) atoms. The smallest absolute Gasteiger partial charge is 0.308 e. The van der Waals surface area contributed by atoms with Crippen LogP contribution >= 0.6 is 0 Å². The van der Waals surface area contributed by atoms with Crippen molar-refractivity contribution in [2.75, 3.05) is 40.2 Å². The van der Waals surface area contributed by atoms with E-state index in [-0.39, 0.29) is 67.0 Å². The molecular formula is C28H32N2O8Pr. The van der Waals surface area contributed by atoms with E-state index >= 15 is 0 Å². The molecule has 0 saturated carbocycles. The predicted octanol–water partition coefficient (Wildman–Crippen LogP) is 2.38. The van der Waals surface area contributed by atoms with Gasteiger partial charge in [0.05, 0.1) is 19.6 Å². The molecule has 0 spiro atoms. The van der Waals surface area contributed by atoms with Crippen LogP contribution in [-0.4, -0.2) is 61.5 Å². The molecule has 205 valence electrons. The summed E-state index contributed by atoms with van der Waals surface area (Å²) in [6.07, 6.45) is 0. The van der Waals surface area contributed by atoms with E-state index in [1.165, 1.54) is 7.11 Å². The van der Waals surface area contributed by atoms with E-state index in [2.05, 4.69) is 0 Å². The van der Waals surface area contributed by atoms with Gasteiger partial charge >= 0.3 is 5.97 Å². The standard InChI is InChI=1S/C26H24O8.C2H8N2.Pr/c1-31-16-4-6-18(21(12-16)32-9-8-27)24-19-11-15(28)3-5-17(19)23(25(24)26(29)30)14-2-7-20-22(10-14)34-13-33-20;3-1-2-4;/h2-7,10-12,23-25,27-28H,8-9,13H2,1H3,(H,29,30);1-4H2;/t23-,24+,25+;;/m0../s1. The minimum Gasteiger partial charge on any atom is -0.508 e. The normalized spacial score (nSPS) is 18.3. The summed E-state index contributed by atoms with van der Waals surface area (Å²) in [5.41, 5.74) is 12.7. The number of ether oxygens (including phenoxy) is 4. The zero-order valence-corrected chi connectivity index (χ0v) is 25.3. The van der Waals surface area contributed by atoms with Gasteiger partial charge in [-0.15, -0.1) is 0 Å². The number of benzene rings is 3. The van der Waals surface area contributed by atoms with E-state index in [9.17, 15) is 20.1 Å². The Bertz CT molecular complexity index is 1290. The molecule has 1 aliphatic heterocycles. The minimum atomic E-state index is -0.979. The number of aliphatic carboxylic acids is 1. The van der Waals surface area contributed by atoms with Gasteiger partial charge in [0.25, 0.3) is 0 Å². The summed E-state index contributed by atoms with van der Waals surface area (Å²) in [6, 6.07) is 15.6. The second-order valence-electron chi connectivity index (χ2n) is 8.80. The van der Waals surface area contributed by atoms with Gasteiger partial charge in [0, 0.05) is 77.8 Å². The molecule has 1 aliphatic carbocycles. The van der Waals surface area contributed by atoms with Crippen LogP contribution in [0.2, 0.25) is 0 Å². The number of fused-ring (bicyclic) bond motifs is 2. The summed E-state index contributed by atoms with van der Waals surface area (Å²) >= 11 is 0. The molecule has 3 atom stereocenters. The zero-order valence-electron chi connectivity index (χ0n) is 21.6. The van der Waals surface area contributed by atoms with Crippen LogP contribution < -0.4 is 30.4 Å². The Balaban J connectivity index is 0.000000788. The Hall–Kier alpha value is -2.63. The average molecular weight is 665 g/mol. The van der Waals surface area contributed by atoms with Gasteiger partial charge in [0.1, 0.15) is 23.9 Å². The number of phenolic OH excluding ortho intramolecular Hbond substituents is 1. The number of hydrogen-bond donors (Lipinski definition) is 5. The first kappa shape index (κ1) is 30.9.